The Balaban J connectivity index is 1.92. The van der Waals surface area contributed by atoms with Gasteiger partial charge in [0.1, 0.15) is 0 Å². The number of aromatic amines is 1. The normalized spacial score (nSPS) is 34.1. The molecule has 1 N–H and O–H groups in total. The van der Waals surface area contributed by atoms with Crippen LogP contribution in [0.3, 0.4) is 0 Å². The second-order valence-corrected chi connectivity index (χ2v) is 6.84. The molecule has 0 saturated heterocycles. The Morgan fingerprint density at radius 1 is 1.11 bits per heavy atom. The molecule has 1 nitrogen and oxygen atoms in total. The smallest absolute Gasteiger partial charge is 0.0176 e. The lowest BCUT2D eigenvalue weighted by molar-refractivity contribution is 0.294. The molecular weight excluding hydrogens is 218 g/mol. The average molecular weight is 243 g/mol. The standard InChI is InChI=1S/C17H25N/c1-10(2)15-8-14(9-18-15)17-13-6-5-12(7-13)16(17)11(3)4/h5-6,8-13,16-18H,7H2,1-4H3. The van der Waals surface area contributed by atoms with Crippen molar-refractivity contribution in [3.63, 3.8) is 0 Å². The molecule has 3 rings (SSSR count). The van der Waals surface area contributed by atoms with Gasteiger partial charge in [-0.1, -0.05) is 39.8 Å². The van der Waals surface area contributed by atoms with Gasteiger partial charge < -0.3 is 4.98 Å². The van der Waals surface area contributed by atoms with Crippen molar-refractivity contribution < 1.29 is 0 Å². The van der Waals surface area contributed by atoms with E-state index in [4.69, 9.17) is 0 Å². The van der Waals surface area contributed by atoms with Gasteiger partial charge >= 0.3 is 0 Å². The molecule has 1 fully saturated rings. The number of nitrogens with one attached hydrogen (secondary N) is 1. The fourth-order valence-electron chi connectivity index (χ4n) is 4.19. The van der Waals surface area contributed by atoms with Crippen LogP contribution >= 0.6 is 0 Å². The van der Waals surface area contributed by atoms with Crippen molar-refractivity contribution in [3.8, 4) is 0 Å². The van der Waals surface area contributed by atoms with E-state index in [2.05, 4.69) is 57.1 Å². The molecule has 1 heterocycles. The number of H-pyrrole nitrogens is 1. The van der Waals surface area contributed by atoms with Gasteiger partial charge in [-0.3, -0.25) is 0 Å². The zero-order valence-electron chi connectivity index (χ0n) is 12.0. The molecule has 0 radical (unpaired) electrons. The summed E-state index contributed by atoms with van der Waals surface area (Å²) < 4.78 is 0. The molecule has 4 unspecified atom stereocenters. The summed E-state index contributed by atoms with van der Waals surface area (Å²) in [4.78, 5) is 3.48. The first-order chi connectivity index (χ1) is 8.58. The molecule has 0 amide bonds. The summed E-state index contributed by atoms with van der Waals surface area (Å²) in [6, 6.07) is 2.42. The van der Waals surface area contributed by atoms with Crippen molar-refractivity contribution >= 4 is 0 Å². The maximum Gasteiger partial charge on any atom is 0.0176 e. The van der Waals surface area contributed by atoms with E-state index in [9.17, 15) is 0 Å². The zero-order chi connectivity index (χ0) is 12.9. The van der Waals surface area contributed by atoms with Crippen molar-refractivity contribution in [1.82, 2.24) is 4.98 Å². The van der Waals surface area contributed by atoms with Gasteiger partial charge in [-0.05, 0) is 53.6 Å². The van der Waals surface area contributed by atoms with Crippen molar-refractivity contribution in [1.29, 1.82) is 0 Å². The van der Waals surface area contributed by atoms with Gasteiger partial charge in [0, 0.05) is 11.9 Å². The maximum absolute atomic E-state index is 3.48. The van der Waals surface area contributed by atoms with Crippen LogP contribution in [0.5, 0.6) is 0 Å². The molecule has 1 aromatic rings. The molecular formula is C17H25N. The monoisotopic (exact) mass is 243 g/mol. The van der Waals surface area contributed by atoms with Crippen LogP contribution in [-0.4, -0.2) is 4.98 Å². The Morgan fingerprint density at radius 3 is 2.44 bits per heavy atom. The molecule has 18 heavy (non-hydrogen) atoms. The predicted molar refractivity (Wildman–Crippen MR) is 76.7 cm³/mol. The van der Waals surface area contributed by atoms with Gasteiger partial charge in [0.2, 0.25) is 0 Å². The van der Waals surface area contributed by atoms with E-state index < -0.39 is 0 Å². The molecule has 4 atom stereocenters. The van der Waals surface area contributed by atoms with Crippen LogP contribution in [0.1, 0.15) is 57.2 Å². The third kappa shape index (κ3) is 1.75. The first-order valence-electron chi connectivity index (χ1n) is 7.44. The van der Waals surface area contributed by atoms with Crippen molar-refractivity contribution in [2.24, 2.45) is 23.7 Å². The summed E-state index contributed by atoms with van der Waals surface area (Å²) in [5.41, 5.74) is 2.94. The minimum absolute atomic E-state index is 0.602. The van der Waals surface area contributed by atoms with Gasteiger partial charge in [0.25, 0.3) is 0 Å². The van der Waals surface area contributed by atoms with E-state index >= 15 is 0 Å². The lowest BCUT2D eigenvalue weighted by Crippen LogP contribution is -2.22. The summed E-state index contributed by atoms with van der Waals surface area (Å²) in [5.74, 6) is 4.60. The average Bonchev–Trinajstić information content (AvgIpc) is 3.02. The summed E-state index contributed by atoms with van der Waals surface area (Å²) in [7, 11) is 0. The molecule has 2 aliphatic carbocycles. The Morgan fingerprint density at radius 2 is 1.83 bits per heavy atom. The number of rotatable bonds is 3. The number of fused-ring (bicyclic) bond motifs is 2. The summed E-state index contributed by atoms with van der Waals surface area (Å²) >= 11 is 0. The maximum atomic E-state index is 3.48. The van der Waals surface area contributed by atoms with Gasteiger partial charge in [-0.25, -0.2) is 0 Å². The highest BCUT2D eigenvalue weighted by molar-refractivity contribution is 5.31. The van der Waals surface area contributed by atoms with Crippen LogP contribution in [0.4, 0.5) is 0 Å². The molecule has 0 aromatic carbocycles. The molecule has 1 heteroatoms. The Labute approximate surface area is 111 Å². The van der Waals surface area contributed by atoms with Gasteiger partial charge in [-0.2, -0.15) is 0 Å². The largest absolute Gasteiger partial charge is 0.364 e. The number of allylic oxidation sites excluding steroid dienone is 2. The summed E-state index contributed by atoms with van der Waals surface area (Å²) in [6.45, 7) is 9.30. The fraction of sp³-hybridized carbons (Fsp3) is 0.647. The quantitative estimate of drug-likeness (QED) is 0.741. The minimum Gasteiger partial charge on any atom is -0.364 e. The van der Waals surface area contributed by atoms with Gasteiger partial charge in [0.15, 0.2) is 0 Å². The van der Waals surface area contributed by atoms with Gasteiger partial charge in [-0.15, -0.1) is 0 Å². The molecule has 2 bridgehead atoms. The fourth-order valence-corrected chi connectivity index (χ4v) is 4.19. The predicted octanol–water partition coefficient (Wildman–Crippen LogP) is 4.70. The highest BCUT2D eigenvalue weighted by atomic mass is 14.7. The van der Waals surface area contributed by atoms with E-state index in [0.717, 1.165) is 29.6 Å². The Kier molecular flexibility index (Phi) is 2.88. The highest BCUT2D eigenvalue weighted by Crippen LogP contribution is 2.55. The van der Waals surface area contributed by atoms with E-state index in [1.807, 2.05) is 0 Å². The van der Waals surface area contributed by atoms with Crippen LogP contribution in [-0.2, 0) is 0 Å². The third-order valence-electron chi connectivity index (χ3n) is 5.02. The molecule has 1 aromatic heterocycles. The highest BCUT2D eigenvalue weighted by Gasteiger charge is 2.46. The van der Waals surface area contributed by atoms with Crippen molar-refractivity contribution in [2.75, 3.05) is 0 Å². The summed E-state index contributed by atoms with van der Waals surface area (Å²) in [5, 5.41) is 0. The number of hydrogen-bond donors (Lipinski definition) is 1. The van der Waals surface area contributed by atoms with E-state index in [0.29, 0.717) is 5.92 Å². The molecule has 0 spiro atoms. The molecule has 0 aliphatic heterocycles. The molecule has 2 aliphatic rings. The second-order valence-electron chi connectivity index (χ2n) is 6.84. The van der Waals surface area contributed by atoms with Crippen molar-refractivity contribution in [2.45, 2.75) is 46.0 Å². The van der Waals surface area contributed by atoms with Crippen LogP contribution in [0.15, 0.2) is 24.4 Å². The zero-order valence-corrected chi connectivity index (χ0v) is 12.0. The Hall–Kier alpha value is -0.980. The molecule has 98 valence electrons. The summed E-state index contributed by atoms with van der Waals surface area (Å²) in [6.07, 6.45) is 8.59. The van der Waals surface area contributed by atoms with Gasteiger partial charge in [0.05, 0.1) is 0 Å². The van der Waals surface area contributed by atoms with Crippen LogP contribution in [0.25, 0.3) is 0 Å². The minimum atomic E-state index is 0.602. The number of hydrogen-bond acceptors (Lipinski definition) is 0. The lowest BCUT2D eigenvalue weighted by Gasteiger charge is -2.30. The SMILES string of the molecule is CC(C)c1cc(C2C3C=CC(C3)C2C(C)C)c[nH]1. The molecule has 1 saturated carbocycles. The Bertz CT molecular complexity index is 452. The van der Waals surface area contributed by atoms with Crippen molar-refractivity contribution in [3.05, 3.63) is 35.7 Å². The van der Waals surface area contributed by atoms with Crippen LogP contribution in [0.2, 0.25) is 0 Å². The number of aromatic nitrogens is 1. The third-order valence-corrected chi connectivity index (χ3v) is 5.02. The van der Waals surface area contributed by atoms with Crippen LogP contribution < -0.4 is 0 Å². The van der Waals surface area contributed by atoms with E-state index in [-0.39, 0.29) is 0 Å². The second kappa shape index (κ2) is 4.29. The van der Waals surface area contributed by atoms with E-state index in [1.165, 1.54) is 12.1 Å². The topological polar surface area (TPSA) is 15.8 Å². The van der Waals surface area contributed by atoms with E-state index in [1.54, 1.807) is 5.56 Å². The first-order valence-corrected chi connectivity index (χ1v) is 7.44. The first kappa shape index (κ1) is 12.1. The lowest BCUT2D eigenvalue weighted by atomic mass is 9.74. The van der Waals surface area contributed by atoms with Crippen LogP contribution in [0, 0.1) is 23.7 Å².